The lowest BCUT2D eigenvalue weighted by atomic mass is 10.0. The van der Waals surface area contributed by atoms with Crippen molar-refractivity contribution in [3.05, 3.63) is 29.3 Å². The molecule has 2 atom stereocenters. The highest BCUT2D eigenvalue weighted by molar-refractivity contribution is 5.38. The lowest BCUT2D eigenvalue weighted by molar-refractivity contribution is 0.0526. The third-order valence-corrected chi connectivity index (χ3v) is 2.25. The van der Waals surface area contributed by atoms with Crippen LogP contribution in [0, 0.1) is 11.3 Å². The zero-order valence-corrected chi connectivity index (χ0v) is 8.79. The van der Waals surface area contributed by atoms with Crippen LogP contribution in [0.25, 0.3) is 0 Å². The Labute approximate surface area is 93.1 Å². The van der Waals surface area contributed by atoms with E-state index in [9.17, 15) is 5.11 Å². The number of rotatable bonds is 4. The molecule has 0 aliphatic rings. The summed E-state index contributed by atoms with van der Waals surface area (Å²) in [6.45, 7) is -0.180. The lowest BCUT2D eigenvalue weighted by Crippen LogP contribution is -2.15. The van der Waals surface area contributed by atoms with Crippen molar-refractivity contribution in [1.29, 1.82) is 5.26 Å². The monoisotopic (exact) mass is 223 g/mol. The molecule has 0 heterocycles. The highest BCUT2D eigenvalue weighted by atomic mass is 16.5. The van der Waals surface area contributed by atoms with Gasteiger partial charge in [0.15, 0.2) is 6.10 Å². The van der Waals surface area contributed by atoms with Crippen molar-refractivity contribution in [2.24, 2.45) is 0 Å². The van der Waals surface area contributed by atoms with Crippen LogP contribution in [-0.2, 0) is 6.61 Å². The first kappa shape index (κ1) is 12.5. The Bertz CT molecular complexity index is 399. The maximum Gasteiger partial charge on any atom is 0.170 e. The molecule has 0 amide bonds. The second-order valence-electron chi connectivity index (χ2n) is 3.25. The summed E-state index contributed by atoms with van der Waals surface area (Å²) in [6, 6.07) is 6.13. The molecule has 0 aromatic heterocycles. The number of ether oxygens (including phenoxy) is 1. The van der Waals surface area contributed by atoms with Crippen LogP contribution in [0.15, 0.2) is 18.2 Å². The predicted molar refractivity (Wildman–Crippen MR) is 55.5 cm³/mol. The summed E-state index contributed by atoms with van der Waals surface area (Å²) in [4.78, 5) is 0. The van der Waals surface area contributed by atoms with Crippen molar-refractivity contribution >= 4 is 0 Å². The third kappa shape index (κ3) is 2.49. The first-order valence-corrected chi connectivity index (χ1v) is 4.67. The second kappa shape index (κ2) is 5.47. The van der Waals surface area contributed by atoms with E-state index in [4.69, 9.17) is 20.2 Å². The van der Waals surface area contributed by atoms with Gasteiger partial charge in [0, 0.05) is 5.56 Å². The normalized spacial score (nSPS) is 13.9. The summed E-state index contributed by atoms with van der Waals surface area (Å²) < 4.78 is 5.00. The van der Waals surface area contributed by atoms with Gasteiger partial charge < -0.3 is 20.1 Å². The molecule has 2 unspecified atom stereocenters. The number of nitrogens with zero attached hydrogens (tertiary/aromatic N) is 1. The maximum atomic E-state index is 9.58. The largest absolute Gasteiger partial charge is 0.496 e. The van der Waals surface area contributed by atoms with Gasteiger partial charge in [-0.3, -0.25) is 0 Å². The summed E-state index contributed by atoms with van der Waals surface area (Å²) in [7, 11) is 1.44. The van der Waals surface area contributed by atoms with E-state index in [1.807, 2.05) is 0 Å². The highest BCUT2D eigenvalue weighted by Gasteiger charge is 2.18. The van der Waals surface area contributed by atoms with Gasteiger partial charge >= 0.3 is 0 Å². The number of hydrogen-bond donors (Lipinski definition) is 3. The number of benzene rings is 1. The van der Waals surface area contributed by atoms with Gasteiger partial charge in [-0.15, -0.1) is 0 Å². The first-order valence-electron chi connectivity index (χ1n) is 4.67. The summed E-state index contributed by atoms with van der Waals surface area (Å²) in [5, 5.41) is 36.2. The second-order valence-corrected chi connectivity index (χ2v) is 3.25. The van der Waals surface area contributed by atoms with Crippen LogP contribution < -0.4 is 4.74 Å². The van der Waals surface area contributed by atoms with Crippen molar-refractivity contribution < 1.29 is 20.1 Å². The van der Waals surface area contributed by atoms with Crippen LogP contribution in [0.4, 0.5) is 0 Å². The fraction of sp³-hybridized carbons (Fsp3) is 0.364. The van der Waals surface area contributed by atoms with E-state index in [2.05, 4.69) is 0 Å². The van der Waals surface area contributed by atoms with Gasteiger partial charge in [0.05, 0.1) is 19.8 Å². The lowest BCUT2D eigenvalue weighted by Gasteiger charge is -2.14. The predicted octanol–water partition coefficient (Wildman–Crippen LogP) is 0.105. The number of aliphatic hydroxyl groups excluding tert-OH is 3. The minimum Gasteiger partial charge on any atom is -0.496 e. The first-order chi connectivity index (χ1) is 7.63. The Morgan fingerprint density at radius 3 is 2.62 bits per heavy atom. The summed E-state index contributed by atoms with van der Waals surface area (Å²) in [6.07, 6.45) is -2.77. The maximum absolute atomic E-state index is 9.58. The molecule has 1 rings (SSSR count). The molecule has 0 bridgehead atoms. The average molecular weight is 223 g/mol. The molecule has 0 saturated carbocycles. The number of nitriles is 1. The molecule has 5 nitrogen and oxygen atoms in total. The van der Waals surface area contributed by atoms with E-state index in [0.717, 1.165) is 0 Å². The van der Waals surface area contributed by atoms with Crippen LogP contribution in [-0.4, -0.2) is 28.5 Å². The van der Waals surface area contributed by atoms with Crippen LogP contribution in [0.1, 0.15) is 17.2 Å². The molecule has 1 aromatic carbocycles. The van der Waals surface area contributed by atoms with E-state index >= 15 is 0 Å². The quantitative estimate of drug-likeness (QED) is 0.630. The van der Waals surface area contributed by atoms with Gasteiger partial charge in [-0.05, 0) is 11.6 Å². The Balaban J connectivity index is 3.04. The molecule has 16 heavy (non-hydrogen) atoms. The molecule has 0 aliphatic carbocycles. The summed E-state index contributed by atoms with van der Waals surface area (Å²) in [5.74, 6) is 0.407. The molecule has 0 spiro atoms. The molecular formula is C11H13NO4. The Kier molecular flexibility index (Phi) is 4.26. The standard InChI is InChI=1S/C11H13NO4/c1-16-10-4-7(2-3-8(10)6-13)11(15)9(14)5-12/h2-4,9,11,13-15H,6H2,1H3. The van der Waals surface area contributed by atoms with E-state index in [1.165, 1.54) is 19.2 Å². The van der Waals surface area contributed by atoms with Gasteiger partial charge in [-0.2, -0.15) is 5.26 Å². The van der Waals surface area contributed by atoms with Gasteiger partial charge in [-0.1, -0.05) is 12.1 Å². The molecule has 0 saturated heterocycles. The molecule has 0 aliphatic heterocycles. The zero-order valence-electron chi connectivity index (χ0n) is 8.79. The molecule has 1 aromatic rings. The van der Waals surface area contributed by atoms with E-state index in [0.29, 0.717) is 16.9 Å². The molecule has 0 radical (unpaired) electrons. The van der Waals surface area contributed by atoms with Gasteiger partial charge in [-0.25, -0.2) is 0 Å². The molecule has 5 heteroatoms. The van der Waals surface area contributed by atoms with Gasteiger partial charge in [0.25, 0.3) is 0 Å². The van der Waals surface area contributed by atoms with Gasteiger partial charge in [0.1, 0.15) is 11.9 Å². The minimum absolute atomic E-state index is 0.180. The van der Waals surface area contributed by atoms with E-state index in [1.54, 1.807) is 12.1 Å². The van der Waals surface area contributed by atoms with Crippen molar-refractivity contribution in [3.63, 3.8) is 0 Å². The Morgan fingerprint density at radius 1 is 1.44 bits per heavy atom. The van der Waals surface area contributed by atoms with Crippen LogP contribution in [0.5, 0.6) is 5.75 Å². The molecule has 86 valence electrons. The highest BCUT2D eigenvalue weighted by Crippen LogP contribution is 2.25. The zero-order chi connectivity index (χ0) is 12.1. The smallest absolute Gasteiger partial charge is 0.170 e. The average Bonchev–Trinajstić information content (AvgIpc) is 2.35. The molecule has 0 fully saturated rings. The number of methoxy groups -OCH3 is 1. The molecule has 3 N–H and O–H groups in total. The topological polar surface area (TPSA) is 93.7 Å². The van der Waals surface area contributed by atoms with Crippen LogP contribution in [0.2, 0.25) is 0 Å². The fourth-order valence-corrected chi connectivity index (χ4v) is 1.33. The van der Waals surface area contributed by atoms with Crippen LogP contribution >= 0.6 is 0 Å². The number of hydrogen-bond acceptors (Lipinski definition) is 5. The fourth-order valence-electron chi connectivity index (χ4n) is 1.33. The van der Waals surface area contributed by atoms with E-state index < -0.39 is 12.2 Å². The molecular weight excluding hydrogens is 210 g/mol. The van der Waals surface area contributed by atoms with Crippen molar-refractivity contribution in [2.75, 3.05) is 7.11 Å². The minimum atomic E-state index is -1.48. The summed E-state index contributed by atoms with van der Waals surface area (Å²) >= 11 is 0. The van der Waals surface area contributed by atoms with Crippen molar-refractivity contribution in [2.45, 2.75) is 18.8 Å². The van der Waals surface area contributed by atoms with Crippen LogP contribution in [0.3, 0.4) is 0 Å². The summed E-state index contributed by atoms with van der Waals surface area (Å²) in [5.41, 5.74) is 0.938. The number of aliphatic hydroxyl groups is 3. The SMILES string of the molecule is COc1cc(C(O)C(O)C#N)ccc1CO. The Morgan fingerprint density at radius 2 is 2.12 bits per heavy atom. The van der Waals surface area contributed by atoms with E-state index in [-0.39, 0.29) is 6.61 Å². The third-order valence-electron chi connectivity index (χ3n) is 2.25. The van der Waals surface area contributed by atoms with Crippen molar-refractivity contribution in [1.82, 2.24) is 0 Å². The van der Waals surface area contributed by atoms with Gasteiger partial charge in [0.2, 0.25) is 0 Å². The van der Waals surface area contributed by atoms with Crippen molar-refractivity contribution in [3.8, 4) is 11.8 Å². The Hall–Kier alpha value is -1.61.